The molecular weight excluding hydrogens is 180 g/mol. The van der Waals surface area contributed by atoms with Crippen molar-refractivity contribution >= 4 is 5.97 Å². The first-order valence-electron chi connectivity index (χ1n) is 4.47. The van der Waals surface area contributed by atoms with Gasteiger partial charge in [0.05, 0.1) is 0 Å². The quantitative estimate of drug-likeness (QED) is 0.379. The summed E-state index contributed by atoms with van der Waals surface area (Å²) in [7, 11) is 0. The van der Waals surface area contributed by atoms with Crippen LogP contribution in [0.4, 0.5) is 0 Å². The summed E-state index contributed by atoms with van der Waals surface area (Å²) in [5, 5.41) is 0. The molecule has 0 aromatic rings. The predicted molar refractivity (Wildman–Crippen MR) is 56.6 cm³/mol. The lowest BCUT2D eigenvalue weighted by Crippen LogP contribution is -2.22. The summed E-state index contributed by atoms with van der Waals surface area (Å²) < 4.78 is 4.86. The van der Waals surface area contributed by atoms with Crippen LogP contribution in [0.1, 0.15) is 13.8 Å². The van der Waals surface area contributed by atoms with Gasteiger partial charge in [0.1, 0.15) is 6.61 Å². The standard InChI is InChI=1S/C10H18N2O2/c1-4-9(12)7(2)8(3)10(13)14-6-5-11/h4,9H,1,5-6,11-12H2,2-3H3. The number of hydrogen-bond donors (Lipinski definition) is 2. The van der Waals surface area contributed by atoms with E-state index in [9.17, 15) is 4.79 Å². The molecule has 0 saturated carbocycles. The van der Waals surface area contributed by atoms with Gasteiger partial charge in [0, 0.05) is 18.2 Å². The van der Waals surface area contributed by atoms with Gasteiger partial charge in [-0.3, -0.25) is 0 Å². The van der Waals surface area contributed by atoms with Crippen LogP contribution in [0.3, 0.4) is 0 Å². The van der Waals surface area contributed by atoms with Gasteiger partial charge in [-0.2, -0.15) is 0 Å². The Hall–Kier alpha value is -1.13. The fraction of sp³-hybridized carbons (Fsp3) is 0.500. The molecule has 0 fully saturated rings. The van der Waals surface area contributed by atoms with Crippen molar-refractivity contribution in [1.29, 1.82) is 0 Å². The Bertz CT molecular complexity index is 247. The number of nitrogens with two attached hydrogens (primary N) is 2. The van der Waals surface area contributed by atoms with Crippen molar-refractivity contribution in [2.45, 2.75) is 19.9 Å². The second-order valence-corrected chi connectivity index (χ2v) is 2.99. The Labute approximate surface area is 84.6 Å². The van der Waals surface area contributed by atoms with Crippen LogP contribution >= 0.6 is 0 Å². The van der Waals surface area contributed by atoms with E-state index < -0.39 is 0 Å². The molecule has 0 aliphatic carbocycles. The SMILES string of the molecule is C=CC(N)C(C)=C(C)C(=O)OCCN. The van der Waals surface area contributed by atoms with E-state index in [1.807, 2.05) is 0 Å². The number of ether oxygens (including phenoxy) is 1. The molecule has 0 rings (SSSR count). The van der Waals surface area contributed by atoms with Gasteiger partial charge in [-0.25, -0.2) is 4.79 Å². The summed E-state index contributed by atoms with van der Waals surface area (Å²) in [6.45, 7) is 7.57. The molecular formula is C10H18N2O2. The van der Waals surface area contributed by atoms with Crippen molar-refractivity contribution in [3.8, 4) is 0 Å². The Morgan fingerprint density at radius 3 is 2.57 bits per heavy atom. The second-order valence-electron chi connectivity index (χ2n) is 2.99. The molecule has 0 amide bonds. The highest BCUT2D eigenvalue weighted by Gasteiger charge is 2.11. The molecule has 0 aliphatic heterocycles. The van der Waals surface area contributed by atoms with Crippen molar-refractivity contribution < 1.29 is 9.53 Å². The molecule has 0 aromatic heterocycles. The molecule has 0 heterocycles. The Balaban J connectivity index is 4.47. The molecule has 4 N–H and O–H groups in total. The molecule has 0 radical (unpaired) electrons. The number of esters is 1. The summed E-state index contributed by atoms with van der Waals surface area (Å²) in [6, 6.07) is -0.305. The van der Waals surface area contributed by atoms with Crippen molar-refractivity contribution in [3.05, 3.63) is 23.8 Å². The lowest BCUT2D eigenvalue weighted by Gasteiger charge is -2.11. The highest BCUT2D eigenvalue weighted by atomic mass is 16.5. The average Bonchev–Trinajstić information content (AvgIpc) is 2.22. The van der Waals surface area contributed by atoms with Gasteiger partial charge in [-0.15, -0.1) is 6.58 Å². The van der Waals surface area contributed by atoms with E-state index in [4.69, 9.17) is 16.2 Å². The summed E-state index contributed by atoms with van der Waals surface area (Å²) >= 11 is 0. The van der Waals surface area contributed by atoms with Crippen LogP contribution < -0.4 is 11.5 Å². The lowest BCUT2D eigenvalue weighted by molar-refractivity contribution is -0.138. The molecule has 0 bridgehead atoms. The van der Waals surface area contributed by atoms with Crippen LogP contribution in [0.2, 0.25) is 0 Å². The van der Waals surface area contributed by atoms with Gasteiger partial charge in [0.2, 0.25) is 0 Å². The zero-order valence-corrected chi connectivity index (χ0v) is 8.75. The third-order valence-corrected chi connectivity index (χ3v) is 2.00. The smallest absolute Gasteiger partial charge is 0.333 e. The lowest BCUT2D eigenvalue weighted by atomic mass is 10.0. The van der Waals surface area contributed by atoms with E-state index in [-0.39, 0.29) is 18.6 Å². The van der Waals surface area contributed by atoms with Crippen LogP contribution in [0.5, 0.6) is 0 Å². The molecule has 14 heavy (non-hydrogen) atoms. The molecule has 0 saturated heterocycles. The first kappa shape index (κ1) is 12.9. The molecule has 0 spiro atoms. The van der Waals surface area contributed by atoms with Crippen LogP contribution in [0.25, 0.3) is 0 Å². The minimum atomic E-state index is -0.370. The Morgan fingerprint density at radius 1 is 1.57 bits per heavy atom. The molecule has 0 aliphatic rings. The van der Waals surface area contributed by atoms with Gasteiger partial charge < -0.3 is 16.2 Å². The number of carbonyl (C=O) groups excluding carboxylic acids is 1. The number of hydrogen-bond acceptors (Lipinski definition) is 4. The van der Waals surface area contributed by atoms with Crippen LogP contribution in [-0.4, -0.2) is 25.2 Å². The molecule has 4 nitrogen and oxygen atoms in total. The molecule has 80 valence electrons. The number of rotatable bonds is 5. The molecule has 4 heteroatoms. The monoisotopic (exact) mass is 198 g/mol. The van der Waals surface area contributed by atoms with Crippen LogP contribution in [0, 0.1) is 0 Å². The summed E-state index contributed by atoms with van der Waals surface area (Å²) in [5.41, 5.74) is 12.2. The van der Waals surface area contributed by atoms with Crippen LogP contribution in [-0.2, 0) is 9.53 Å². The second kappa shape index (κ2) is 6.34. The minimum Gasteiger partial charge on any atom is -0.461 e. The number of carbonyl (C=O) groups is 1. The topological polar surface area (TPSA) is 78.3 Å². The third-order valence-electron chi connectivity index (χ3n) is 2.00. The molecule has 1 unspecified atom stereocenters. The first-order chi connectivity index (χ1) is 6.54. The van der Waals surface area contributed by atoms with Crippen LogP contribution in [0.15, 0.2) is 23.8 Å². The van der Waals surface area contributed by atoms with Gasteiger partial charge in [0.25, 0.3) is 0 Å². The third kappa shape index (κ3) is 3.72. The largest absolute Gasteiger partial charge is 0.461 e. The van der Waals surface area contributed by atoms with Gasteiger partial charge in [-0.1, -0.05) is 6.08 Å². The van der Waals surface area contributed by atoms with E-state index >= 15 is 0 Å². The molecule has 1 atom stereocenters. The zero-order chi connectivity index (χ0) is 11.1. The maximum absolute atomic E-state index is 11.3. The highest BCUT2D eigenvalue weighted by molar-refractivity contribution is 5.88. The van der Waals surface area contributed by atoms with E-state index in [0.717, 1.165) is 5.57 Å². The Kier molecular flexibility index (Phi) is 5.83. The maximum Gasteiger partial charge on any atom is 0.333 e. The Morgan fingerprint density at radius 2 is 2.14 bits per heavy atom. The van der Waals surface area contributed by atoms with E-state index in [1.165, 1.54) is 0 Å². The van der Waals surface area contributed by atoms with Gasteiger partial charge in [0.15, 0.2) is 0 Å². The predicted octanol–water partition coefficient (Wildman–Crippen LogP) is 0.338. The fourth-order valence-corrected chi connectivity index (χ4v) is 0.848. The van der Waals surface area contributed by atoms with E-state index in [1.54, 1.807) is 19.9 Å². The summed E-state index contributed by atoms with van der Waals surface area (Å²) in [5.74, 6) is -0.370. The van der Waals surface area contributed by atoms with E-state index in [0.29, 0.717) is 12.1 Å². The summed E-state index contributed by atoms with van der Waals surface area (Å²) in [6.07, 6.45) is 1.58. The first-order valence-corrected chi connectivity index (χ1v) is 4.47. The molecule has 0 aromatic carbocycles. The zero-order valence-electron chi connectivity index (χ0n) is 8.75. The van der Waals surface area contributed by atoms with Crippen molar-refractivity contribution in [1.82, 2.24) is 0 Å². The van der Waals surface area contributed by atoms with Gasteiger partial charge >= 0.3 is 5.97 Å². The van der Waals surface area contributed by atoms with E-state index in [2.05, 4.69) is 6.58 Å². The fourth-order valence-electron chi connectivity index (χ4n) is 0.848. The van der Waals surface area contributed by atoms with Gasteiger partial charge in [-0.05, 0) is 19.4 Å². The average molecular weight is 198 g/mol. The van der Waals surface area contributed by atoms with Crippen molar-refractivity contribution in [3.63, 3.8) is 0 Å². The normalized spacial score (nSPS) is 14.3. The van der Waals surface area contributed by atoms with Crippen molar-refractivity contribution in [2.24, 2.45) is 11.5 Å². The minimum absolute atomic E-state index is 0.229. The highest BCUT2D eigenvalue weighted by Crippen LogP contribution is 2.09. The maximum atomic E-state index is 11.3. The summed E-state index contributed by atoms with van der Waals surface area (Å²) in [4.78, 5) is 11.3. The van der Waals surface area contributed by atoms with Crippen molar-refractivity contribution in [2.75, 3.05) is 13.2 Å².